The first-order chi connectivity index (χ1) is 7.77. The lowest BCUT2D eigenvalue weighted by Gasteiger charge is -2.07. The average Bonchev–Trinajstić information content (AvgIpc) is 2.35. The van der Waals surface area contributed by atoms with Crippen molar-refractivity contribution in [2.45, 2.75) is 40.0 Å². The Morgan fingerprint density at radius 2 is 1.50 bits per heavy atom. The molecule has 0 radical (unpaired) electrons. The maximum absolute atomic E-state index is 6.00. The van der Waals surface area contributed by atoms with Crippen LogP contribution in [-0.2, 0) is 12.8 Å². The first-order valence-electron chi connectivity index (χ1n) is 5.26. The van der Waals surface area contributed by atoms with E-state index in [1.807, 2.05) is 0 Å². The van der Waals surface area contributed by atoms with Crippen LogP contribution in [0.3, 0.4) is 0 Å². The van der Waals surface area contributed by atoms with Crippen molar-refractivity contribution in [3.63, 3.8) is 0 Å². The number of aryl methyl sites for hydroxylation is 3. The highest BCUT2D eigenvalue weighted by molar-refractivity contribution is 5.31. The quantitative estimate of drug-likeness (QED) is 0.473. The summed E-state index contributed by atoms with van der Waals surface area (Å²) in [5.74, 6) is 0. The van der Waals surface area contributed by atoms with E-state index in [4.69, 9.17) is 21.0 Å². The molecule has 94 valence electrons. The van der Waals surface area contributed by atoms with E-state index in [-0.39, 0.29) is 0 Å². The number of hydrogen-bond acceptors (Lipinski definition) is 4. The third-order valence-electron chi connectivity index (χ3n) is 2.26. The molecule has 1 aromatic rings. The number of hydrogen-bond donors (Lipinski definition) is 4. The Morgan fingerprint density at radius 3 is 1.94 bits per heavy atom. The molecule has 1 aromatic carbocycles. The third kappa shape index (κ3) is 6.53. The topological polar surface area (TPSA) is 80.9 Å². The van der Waals surface area contributed by atoms with Gasteiger partial charge in [-0.15, -0.1) is 0 Å². The van der Waals surface area contributed by atoms with E-state index in [9.17, 15) is 0 Å². The first kappa shape index (κ1) is 17.5. The molecule has 1 rings (SSSR count). The molecule has 0 heterocycles. The Morgan fingerprint density at radius 1 is 0.938 bits per heavy atom. The normalized spacial score (nSPS) is 8.44. The molecule has 0 saturated carbocycles. The van der Waals surface area contributed by atoms with E-state index >= 15 is 0 Å². The molecular weight excluding hydrogens is 208 g/mol. The standard InChI is InChI=1S/C12H18.2H2O2/c1-4-6-12-9-10(3)7-8-11(12)5-2;2*1-2/h7-9H,4-6H2,1-3H3;2*1-2H. The fourth-order valence-corrected chi connectivity index (χ4v) is 1.60. The molecule has 0 aliphatic heterocycles. The van der Waals surface area contributed by atoms with Crippen LogP contribution in [0.15, 0.2) is 18.2 Å². The van der Waals surface area contributed by atoms with E-state index in [2.05, 4.69) is 39.0 Å². The Labute approximate surface area is 96.7 Å². The van der Waals surface area contributed by atoms with Crippen molar-refractivity contribution in [2.24, 2.45) is 0 Å². The highest BCUT2D eigenvalue weighted by Gasteiger charge is 1.98. The minimum atomic E-state index is 1.16. The van der Waals surface area contributed by atoms with Gasteiger partial charge < -0.3 is 0 Å². The summed E-state index contributed by atoms with van der Waals surface area (Å²) in [6.07, 6.45) is 3.64. The van der Waals surface area contributed by atoms with E-state index in [1.165, 1.54) is 24.0 Å². The fourth-order valence-electron chi connectivity index (χ4n) is 1.60. The Bertz CT molecular complexity index is 261. The summed E-state index contributed by atoms with van der Waals surface area (Å²) in [6, 6.07) is 6.79. The molecule has 0 aromatic heterocycles. The van der Waals surface area contributed by atoms with Crippen LogP contribution < -0.4 is 0 Å². The molecule has 16 heavy (non-hydrogen) atoms. The summed E-state index contributed by atoms with van der Waals surface area (Å²) in [6.45, 7) is 6.63. The van der Waals surface area contributed by atoms with Gasteiger partial charge >= 0.3 is 0 Å². The zero-order chi connectivity index (χ0) is 13.0. The number of benzene rings is 1. The van der Waals surface area contributed by atoms with Crippen LogP contribution in [-0.4, -0.2) is 21.0 Å². The van der Waals surface area contributed by atoms with E-state index < -0.39 is 0 Å². The van der Waals surface area contributed by atoms with Crippen LogP contribution in [0.2, 0.25) is 0 Å². The fraction of sp³-hybridized carbons (Fsp3) is 0.500. The second-order valence-electron chi connectivity index (χ2n) is 3.38. The molecule has 0 saturated heterocycles. The van der Waals surface area contributed by atoms with Crippen LogP contribution >= 0.6 is 0 Å². The average molecular weight is 230 g/mol. The van der Waals surface area contributed by atoms with Crippen molar-refractivity contribution in [3.8, 4) is 0 Å². The molecule has 0 fully saturated rings. The third-order valence-corrected chi connectivity index (χ3v) is 2.26. The summed E-state index contributed by atoms with van der Waals surface area (Å²) in [5, 5.41) is 24.0. The van der Waals surface area contributed by atoms with Crippen molar-refractivity contribution in [1.29, 1.82) is 0 Å². The minimum absolute atomic E-state index is 1.16. The van der Waals surface area contributed by atoms with Gasteiger partial charge in [0.05, 0.1) is 0 Å². The van der Waals surface area contributed by atoms with Gasteiger partial charge in [0.1, 0.15) is 0 Å². The molecule has 4 nitrogen and oxygen atoms in total. The van der Waals surface area contributed by atoms with Gasteiger partial charge in [0.15, 0.2) is 0 Å². The zero-order valence-electron chi connectivity index (χ0n) is 10.1. The SMILES string of the molecule is CCCc1cc(C)ccc1CC.OO.OO. The molecule has 4 heteroatoms. The van der Waals surface area contributed by atoms with Gasteiger partial charge in [-0.1, -0.05) is 44.0 Å². The Hall–Kier alpha value is -0.940. The van der Waals surface area contributed by atoms with Gasteiger partial charge in [0, 0.05) is 0 Å². The van der Waals surface area contributed by atoms with Crippen molar-refractivity contribution >= 4 is 0 Å². The van der Waals surface area contributed by atoms with Crippen molar-refractivity contribution < 1.29 is 21.0 Å². The summed E-state index contributed by atoms with van der Waals surface area (Å²) in [4.78, 5) is 0. The minimum Gasteiger partial charge on any atom is -0.255 e. The smallest absolute Gasteiger partial charge is 0.0279 e. The highest BCUT2D eigenvalue weighted by atomic mass is 17.0. The van der Waals surface area contributed by atoms with Gasteiger partial charge in [-0.2, -0.15) is 0 Å². The maximum atomic E-state index is 6.00. The zero-order valence-corrected chi connectivity index (χ0v) is 10.1. The van der Waals surface area contributed by atoms with Gasteiger partial charge in [-0.25, -0.2) is 0 Å². The largest absolute Gasteiger partial charge is 0.255 e. The van der Waals surface area contributed by atoms with Gasteiger partial charge in [0.2, 0.25) is 0 Å². The van der Waals surface area contributed by atoms with Gasteiger partial charge in [-0.05, 0) is 30.9 Å². The maximum Gasteiger partial charge on any atom is -0.0279 e. The Balaban J connectivity index is 0. The lowest BCUT2D eigenvalue weighted by Crippen LogP contribution is -1.92. The van der Waals surface area contributed by atoms with Crippen LogP contribution in [0.4, 0.5) is 0 Å². The molecule has 0 unspecified atom stereocenters. The molecule has 0 bridgehead atoms. The van der Waals surface area contributed by atoms with Crippen molar-refractivity contribution in [2.75, 3.05) is 0 Å². The molecule has 0 aliphatic carbocycles. The number of rotatable bonds is 3. The van der Waals surface area contributed by atoms with Gasteiger partial charge in [0.25, 0.3) is 0 Å². The molecule has 0 aliphatic rings. The lowest BCUT2D eigenvalue weighted by atomic mass is 9.99. The molecule has 0 spiro atoms. The summed E-state index contributed by atoms with van der Waals surface area (Å²) < 4.78 is 0. The predicted molar refractivity (Wildman–Crippen MR) is 65.1 cm³/mol. The molecule has 4 N–H and O–H groups in total. The van der Waals surface area contributed by atoms with E-state index in [1.54, 1.807) is 5.56 Å². The van der Waals surface area contributed by atoms with E-state index in [0.717, 1.165) is 6.42 Å². The first-order valence-corrected chi connectivity index (χ1v) is 5.26. The molecule has 0 amide bonds. The summed E-state index contributed by atoms with van der Waals surface area (Å²) >= 11 is 0. The lowest BCUT2D eigenvalue weighted by molar-refractivity contribution is -0.176. The molecular formula is C12H22O4. The monoisotopic (exact) mass is 230 g/mol. The second kappa shape index (κ2) is 12.1. The van der Waals surface area contributed by atoms with Crippen LogP contribution in [0, 0.1) is 6.92 Å². The predicted octanol–water partition coefficient (Wildman–Crippen LogP) is 3.54. The van der Waals surface area contributed by atoms with Gasteiger partial charge in [-0.3, -0.25) is 21.0 Å². The van der Waals surface area contributed by atoms with E-state index in [0.29, 0.717) is 0 Å². The van der Waals surface area contributed by atoms with Crippen LogP contribution in [0.1, 0.15) is 37.0 Å². The summed E-state index contributed by atoms with van der Waals surface area (Å²) in [5.41, 5.74) is 4.44. The van der Waals surface area contributed by atoms with Crippen LogP contribution in [0.5, 0.6) is 0 Å². The summed E-state index contributed by atoms with van der Waals surface area (Å²) in [7, 11) is 0. The molecule has 0 atom stereocenters. The van der Waals surface area contributed by atoms with Crippen molar-refractivity contribution in [3.05, 3.63) is 34.9 Å². The second-order valence-corrected chi connectivity index (χ2v) is 3.38. The van der Waals surface area contributed by atoms with Crippen LogP contribution in [0.25, 0.3) is 0 Å². The van der Waals surface area contributed by atoms with Crippen molar-refractivity contribution in [1.82, 2.24) is 0 Å². The Kier molecular flexibility index (Phi) is 13.2. The highest BCUT2D eigenvalue weighted by Crippen LogP contribution is 2.14.